The van der Waals surface area contributed by atoms with Gasteiger partial charge in [-0.15, -0.1) is 11.3 Å². The largest absolute Gasteiger partial charge is 0.477 e. The molecule has 2 N–H and O–H groups in total. The summed E-state index contributed by atoms with van der Waals surface area (Å²) in [7, 11) is -3.93. The molecule has 1 heterocycles. The Bertz CT molecular complexity index is 768. The van der Waals surface area contributed by atoms with Crippen LogP contribution < -0.4 is 4.72 Å². The number of thiophene rings is 1. The fourth-order valence-electron chi connectivity index (χ4n) is 1.58. The van der Waals surface area contributed by atoms with E-state index in [9.17, 15) is 13.2 Å². The van der Waals surface area contributed by atoms with Crippen LogP contribution in [0.25, 0.3) is 0 Å². The zero-order chi connectivity index (χ0) is 14.9. The normalized spacial score (nSPS) is 11.3. The number of nitrogens with one attached hydrogen (secondary N) is 1. The van der Waals surface area contributed by atoms with Crippen LogP contribution in [0.15, 0.2) is 34.5 Å². The molecule has 0 bridgehead atoms. The highest BCUT2D eigenvalue weighted by Crippen LogP contribution is 2.31. The molecule has 2 aromatic rings. The van der Waals surface area contributed by atoms with Crippen molar-refractivity contribution >= 4 is 44.6 Å². The molecule has 0 radical (unpaired) electrons. The van der Waals surface area contributed by atoms with E-state index < -0.39 is 16.0 Å². The van der Waals surface area contributed by atoms with Gasteiger partial charge in [-0.25, -0.2) is 13.2 Å². The maximum Gasteiger partial charge on any atom is 0.348 e. The van der Waals surface area contributed by atoms with Crippen molar-refractivity contribution in [3.8, 4) is 0 Å². The van der Waals surface area contributed by atoms with E-state index in [4.69, 9.17) is 16.7 Å². The number of anilines is 1. The minimum Gasteiger partial charge on any atom is -0.477 e. The fourth-order valence-corrected chi connectivity index (χ4v) is 4.15. The van der Waals surface area contributed by atoms with Crippen molar-refractivity contribution < 1.29 is 18.3 Å². The maximum atomic E-state index is 12.3. The van der Waals surface area contributed by atoms with Crippen molar-refractivity contribution in [2.45, 2.75) is 11.8 Å². The SMILES string of the molecule is Cc1csc(C(=O)O)c1NS(=O)(=O)c1ccccc1Cl. The Hall–Kier alpha value is -1.57. The molecule has 0 saturated carbocycles. The number of carboxylic acid groups (broad SMARTS) is 1. The Morgan fingerprint density at radius 2 is 2.00 bits per heavy atom. The van der Waals surface area contributed by atoms with Gasteiger partial charge in [-0.05, 0) is 30.0 Å². The molecule has 0 amide bonds. The van der Waals surface area contributed by atoms with Crippen molar-refractivity contribution in [2.75, 3.05) is 4.72 Å². The van der Waals surface area contributed by atoms with Gasteiger partial charge in [-0.3, -0.25) is 4.72 Å². The lowest BCUT2D eigenvalue weighted by molar-refractivity contribution is 0.0703. The molecule has 0 aliphatic rings. The van der Waals surface area contributed by atoms with Crippen molar-refractivity contribution in [2.24, 2.45) is 0 Å². The molecule has 1 aromatic heterocycles. The smallest absolute Gasteiger partial charge is 0.348 e. The van der Waals surface area contributed by atoms with Gasteiger partial charge in [0, 0.05) is 0 Å². The summed E-state index contributed by atoms with van der Waals surface area (Å²) in [6, 6.07) is 5.96. The summed E-state index contributed by atoms with van der Waals surface area (Å²) in [4.78, 5) is 10.9. The number of benzene rings is 1. The zero-order valence-electron chi connectivity index (χ0n) is 10.3. The number of halogens is 1. The summed E-state index contributed by atoms with van der Waals surface area (Å²) in [6.07, 6.45) is 0. The number of aryl methyl sites for hydroxylation is 1. The number of hydrogen-bond acceptors (Lipinski definition) is 4. The molecule has 0 spiro atoms. The van der Waals surface area contributed by atoms with Crippen LogP contribution in [0.2, 0.25) is 5.02 Å². The van der Waals surface area contributed by atoms with Crippen LogP contribution in [0.1, 0.15) is 15.2 Å². The highest BCUT2D eigenvalue weighted by molar-refractivity contribution is 7.92. The molecule has 8 heteroatoms. The number of rotatable bonds is 4. The molecule has 1 aromatic carbocycles. The highest BCUT2D eigenvalue weighted by Gasteiger charge is 2.23. The summed E-state index contributed by atoms with van der Waals surface area (Å²) in [5.41, 5.74) is 0.616. The van der Waals surface area contributed by atoms with Crippen LogP contribution in [-0.4, -0.2) is 19.5 Å². The molecule has 0 aliphatic carbocycles. The monoisotopic (exact) mass is 331 g/mol. The minimum atomic E-state index is -3.93. The van der Waals surface area contributed by atoms with E-state index in [-0.39, 0.29) is 20.5 Å². The fraction of sp³-hybridized carbons (Fsp3) is 0.0833. The average molecular weight is 332 g/mol. The van der Waals surface area contributed by atoms with Gasteiger partial charge in [0.05, 0.1) is 10.7 Å². The summed E-state index contributed by atoms with van der Waals surface area (Å²) in [5, 5.41) is 10.7. The second kappa shape index (κ2) is 5.43. The third kappa shape index (κ3) is 2.79. The van der Waals surface area contributed by atoms with Crippen molar-refractivity contribution in [1.82, 2.24) is 0 Å². The molecule has 5 nitrogen and oxygen atoms in total. The highest BCUT2D eigenvalue weighted by atomic mass is 35.5. The van der Waals surface area contributed by atoms with Crippen LogP contribution in [0.3, 0.4) is 0 Å². The first-order valence-electron chi connectivity index (χ1n) is 5.41. The van der Waals surface area contributed by atoms with Gasteiger partial charge in [0.15, 0.2) is 0 Å². The molecule has 0 aliphatic heterocycles. The van der Waals surface area contributed by atoms with E-state index in [0.29, 0.717) is 5.56 Å². The molecule has 0 saturated heterocycles. The van der Waals surface area contributed by atoms with Crippen LogP contribution in [0, 0.1) is 6.92 Å². The van der Waals surface area contributed by atoms with Gasteiger partial charge < -0.3 is 5.11 Å². The number of sulfonamides is 1. The zero-order valence-corrected chi connectivity index (χ0v) is 12.6. The summed E-state index contributed by atoms with van der Waals surface area (Å²) < 4.78 is 26.8. The quantitative estimate of drug-likeness (QED) is 0.901. The van der Waals surface area contributed by atoms with Gasteiger partial charge in [0.25, 0.3) is 10.0 Å². The van der Waals surface area contributed by atoms with E-state index >= 15 is 0 Å². The third-order valence-electron chi connectivity index (χ3n) is 2.53. The molecule has 20 heavy (non-hydrogen) atoms. The lowest BCUT2D eigenvalue weighted by atomic mass is 10.3. The molecule has 106 valence electrons. The number of carboxylic acids is 1. The van der Waals surface area contributed by atoms with Gasteiger partial charge in [-0.1, -0.05) is 23.7 Å². The summed E-state index contributed by atoms with van der Waals surface area (Å²) >= 11 is 6.82. The molecule has 0 fully saturated rings. The van der Waals surface area contributed by atoms with Crippen LogP contribution in [0.4, 0.5) is 5.69 Å². The number of hydrogen-bond donors (Lipinski definition) is 2. The van der Waals surface area contributed by atoms with Crippen molar-refractivity contribution in [1.29, 1.82) is 0 Å². The standard InChI is InChI=1S/C12H10ClNO4S2/c1-7-6-19-11(12(15)16)10(7)14-20(17,18)9-5-3-2-4-8(9)13/h2-6,14H,1H3,(H,15,16). The first kappa shape index (κ1) is 14.8. The van der Waals surface area contributed by atoms with Crippen LogP contribution in [0.5, 0.6) is 0 Å². The molecule has 2 rings (SSSR count). The molecule has 0 unspecified atom stereocenters. The van der Waals surface area contributed by atoms with Gasteiger partial charge in [0.1, 0.15) is 9.77 Å². The van der Waals surface area contributed by atoms with E-state index in [1.165, 1.54) is 12.1 Å². The maximum absolute atomic E-state index is 12.3. The summed E-state index contributed by atoms with van der Waals surface area (Å²) in [5.74, 6) is -1.18. The Morgan fingerprint density at radius 1 is 1.35 bits per heavy atom. The predicted molar refractivity (Wildman–Crippen MR) is 78.3 cm³/mol. The van der Waals surface area contributed by atoms with E-state index in [1.54, 1.807) is 24.4 Å². The lowest BCUT2D eigenvalue weighted by Gasteiger charge is -2.10. The van der Waals surface area contributed by atoms with E-state index in [2.05, 4.69) is 4.72 Å². The van der Waals surface area contributed by atoms with Gasteiger partial charge in [-0.2, -0.15) is 0 Å². The third-order valence-corrected chi connectivity index (χ3v) is 5.47. The predicted octanol–water partition coefficient (Wildman–Crippen LogP) is 3.21. The first-order chi connectivity index (χ1) is 9.33. The van der Waals surface area contributed by atoms with Crippen molar-refractivity contribution in [3.05, 3.63) is 45.1 Å². The Kier molecular flexibility index (Phi) is 4.03. The molecular formula is C12H10ClNO4S2. The number of aromatic carboxylic acids is 1. The molecular weight excluding hydrogens is 322 g/mol. The second-order valence-corrected chi connectivity index (χ2v) is 6.90. The van der Waals surface area contributed by atoms with E-state index in [0.717, 1.165) is 11.3 Å². The summed E-state index contributed by atoms with van der Waals surface area (Å²) in [6.45, 7) is 1.63. The van der Waals surface area contributed by atoms with Crippen molar-refractivity contribution in [3.63, 3.8) is 0 Å². The Balaban J connectivity index is 2.47. The van der Waals surface area contributed by atoms with Gasteiger partial charge in [0.2, 0.25) is 0 Å². The van der Waals surface area contributed by atoms with Gasteiger partial charge >= 0.3 is 5.97 Å². The Labute approximate surface area is 124 Å². The van der Waals surface area contributed by atoms with Crippen LogP contribution >= 0.6 is 22.9 Å². The van der Waals surface area contributed by atoms with Crippen LogP contribution in [-0.2, 0) is 10.0 Å². The second-order valence-electron chi connectivity index (χ2n) is 3.96. The number of carbonyl (C=O) groups is 1. The molecule has 0 atom stereocenters. The van der Waals surface area contributed by atoms with E-state index in [1.807, 2.05) is 0 Å². The lowest BCUT2D eigenvalue weighted by Crippen LogP contribution is -2.15. The minimum absolute atomic E-state index is 0.0573. The first-order valence-corrected chi connectivity index (χ1v) is 8.15. The topological polar surface area (TPSA) is 83.5 Å². The Morgan fingerprint density at radius 3 is 2.60 bits per heavy atom. The average Bonchev–Trinajstić information content (AvgIpc) is 2.71.